The molecule has 4 heteroatoms. The summed E-state index contributed by atoms with van der Waals surface area (Å²) in [4.78, 5) is 12.1. The van der Waals surface area contributed by atoms with E-state index in [1.807, 2.05) is 39.1 Å². The van der Waals surface area contributed by atoms with Gasteiger partial charge in [0, 0.05) is 6.92 Å². The summed E-state index contributed by atoms with van der Waals surface area (Å²) in [5.41, 5.74) is 0. The second kappa shape index (κ2) is 7.75. The van der Waals surface area contributed by atoms with Crippen LogP contribution in [0.3, 0.4) is 0 Å². The minimum Gasteiger partial charge on any atom is -0.523 e. The molecular formula is C7H19NO2Si. The van der Waals surface area contributed by atoms with Crippen molar-refractivity contribution in [2.24, 2.45) is 0 Å². The molecule has 0 heterocycles. The fourth-order valence-corrected chi connectivity index (χ4v) is 0.996. The summed E-state index contributed by atoms with van der Waals surface area (Å²) >= 11 is 0. The SMILES string of the molecule is CC(=O)O[SiH](C)C.CN(C)C. The lowest BCUT2D eigenvalue weighted by molar-refractivity contribution is -0.132. The topological polar surface area (TPSA) is 29.5 Å². The largest absolute Gasteiger partial charge is 0.523 e. The molecule has 0 N–H and O–H groups in total. The van der Waals surface area contributed by atoms with E-state index in [9.17, 15) is 4.79 Å². The predicted octanol–water partition coefficient (Wildman–Crippen LogP) is 0.711. The number of carbonyl (C=O) groups excluding carboxylic acids is 1. The molecule has 0 fully saturated rings. The van der Waals surface area contributed by atoms with Gasteiger partial charge in [0.1, 0.15) is 0 Å². The average molecular weight is 177 g/mol. The Morgan fingerprint density at radius 2 is 1.55 bits per heavy atom. The maximum Gasteiger partial charge on any atom is 0.289 e. The first-order valence-electron chi connectivity index (χ1n) is 3.64. The zero-order valence-electron chi connectivity index (χ0n) is 8.34. The van der Waals surface area contributed by atoms with E-state index in [1.165, 1.54) is 6.92 Å². The van der Waals surface area contributed by atoms with Gasteiger partial charge in [0.15, 0.2) is 0 Å². The lowest BCUT2D eigenvalue weighted by Gasteiger charge is -2.00. The lowest BCUT2D eigenvalue weighted by Crippen LogP contribution is -2.11. The van der Waals surface area contributed by atoms with Gasteiger partial charge < -0.3 is 9.33 Å². The van der Waals surface area contributed by atoms with Gasteiger partial charge in [-0.25, -0.2) is 0 Å². The Labute approximate surface area is 71.1 Å². The van der Waals surface area contributed by atoms with Crippen molar-refractivity contribution >= 4 is 15.0 Å². The van der Waals surface area contributed by atoms with Crippen molar-refractivity contribution in [2.45, 2.75) is 20.0 Å². The fourth-order valence-electron chi connectivity index (χ4n) is 0.332. The number of hydrogen-bond donors (Lipinski definition) is 0. The molecule has 0 spiro atoms. The van der Waals surface area contributed by atoms with E-state index in [2.05, 4.69) is 0 Å². The van der Waals surface area contributed by atoms with E-state index < -0.39 is 9.04 Å². The van der Waals surface area contributed by atoms with Crippen molar-refractivity contribution < 1.29 is 9.22 Å². The highest BCUT2D eigenvalue weighted by atomic mass is 28.3. The molecule has 0 saturated heterocycles. The minimum absolute atomic E-state index is 0.151. The van der Waals surface area contributed by atoms with E-state index in [-0.39, 0.29) is 5.97 Å². The number of carbonyl (C=O) groups is 1. The van der Waals surface area contributed by atoms with Crippen LogP contribution in [0.5, 0.6) is 0 Å². The predicted molar refractivity (Wildman–Crippen MR) is 50.3 cm³/mol. The van der Waals surface area contributed by atoms with Crippen LogP contribution in [-0.4, -0.2) is 41.1 Å². The molecule has 0 aromatic rings. The smallest absolute Gasteiger partial charge is 0.289 e. The van der Waals surface area contributed by atoms with Gasteiger partial charge in [0.2, 0.25) is 9.04 Å². The summed E-state index contributed by atoms with van der Waals surface area (Å²) < 4.78 is 4.75. The van der Waals surface area contributed by atoms with Crippen molar-refractivity contribution in [2.75, 3.05) is 21.1 Å². The van der Waals surface area contributed by atoms with E-state index >= 15 is 0 Å². The lowest BCUT2D eigenvalue weighted by atomic mass is 10.9. The van der Waals surface area contributed by atoms with Crippen LogP contribution in [0.4, 0.5) is 0 Å². The van der Waals surface area contributed by atoms with Crippen LogP contribution in [0.1, 0.15) is 6.92 Å². The van der Waals surface area contributed by atoms with Crippen LogP contribution in [0.25, 0.3) is 0 Å². The van der Waals surface area contributed by atoms with Crippen LogP contribution < -0.4 is 0 Å². The third-order valence-electron chi connectivity index (χ3n) is 0.402. The molecule has 0 rings (SSSR count). The van der Waals surface area contributed by atoms with E-state index in [0.29, 0.717) is 0 Å². The highest BCUT2D eigenvalue weighted by Crippen LogP contribution is 1.81. The van der Waals surface area contributed by atoms with Crippen molar-refractivity contribution in [1.82, 2.24) is 4.90 Å². The molecule has 0 aliphatic rings. The highest BCUT2D eigenvalue weighted by molar-refractivity contribution is 6.50. The Morgan fingerprint density at radius 3 is 1.55 bits per heavy atom. The Kier molecular flexibility index (Phi) is 9.34. The van der Waals surface area contributed by atoms with Gasteiger partial charge >= 0.3 is 0 Å². The third-order valence-corrected chi connectivity index (χ3v) is 1.20. The van der Waals surface area contributed by atoms with Gasteiger partial charge in [0.25, 0.3) is 5.97 Å². The zero-order valence-corrected chi connectivity index (χ0v) is 9.50. The second-order valence-corrected chi connectivity index (χ2v) is 5.33. The summed E-state index contributed by atoms with van der Waals surface area (Å²) in [6.45, 7) is 5.36. The maximum atomic E-state index is 10.1. The molecule has 3 nitrogen and oxygen atoms in total. The molecule has 0 amide bonds. The van der Waals surface area contributed by atoms with Crippen LogP contribution in [0.2, 0.25) is 13.1 Å². The van der Waals surface area contributed by atoms with Crippen molar-refractivity contribution in [3.63, 3.8) is 0 Å². The molecule has 0 aromatic heterocycles. The summed E-state index contributed by atoms with van der Waals surface area (Å²) in [5.74, 6) is -0.151. The van der Waals surface area contributed by atoms with Crippen LogP contribution in [0, 0.1) is 0 Å². The first kappa shape index (κ1) is 13.3. The standard InChI is InChI=1S/C4H10O2Si.C3H9N/c1-4(5)6-7(2)3;1-4(2)3/h7H,1-3H3;1-3H3. The van der Waals surface area contributed by atoms with Gasteiger partial charge in [-0.1, -0.05) is 0 Å². The van der Waals surface area contributed by atoms with E-state index in [4.69, 9.17) is 4.43 Å². The molecule has 0 aliphatic carbocycles. The Bertz CT molecular complexity index is 102. The van der Waals surface area contributed by atoms with Crippen LogP contribution in [-0.2, 0) is 9.22 Å². The summed E-state index contributed by atoms with van der Waals surface area (Å²) in [5, 5.41) is 0. The molecule has 0 unspecified atom stereocenters. The van der Waals surface area contributed by atoms with Crippen LogP contribution >= 0.6 is 0 Å². The van der Waals surface area contributed by atoms with Gasteiger partial charge in [0.05, 0.1) is 0 Å². The van der Waals surface area contributed by atoms with Crippen molar-refractivity contribution in [1.29, 1.82) is 0 Å². The molecule has 0 bridgehead atoms. The summed E-state index contributed by atoms with van der Waals surface area (Å²) in [6, 6.07) is 0. The molecular weight excluding hydrogens is 158 g/mol. The van der Waals surface area contributed by atoms with Gasteiger partial charge in [-0.3, -0.25) is 4.79 Å². The number of hydrogen-bond acceptors (Lipinski definition) is 3. The van der Waals surface area contributed by atoms with Crippen LogP contribution in [0.15, 0.2) is 0 Å². The minimum atomic E-state index is -1.08. The molecule has 0 saturated carbocycles. The van der Waals surface area contributed by atoms with Gasteiger partial charge in [-0.05, 0) is 34.2 Å². The monoisotopic (exact) mass is 177 g/mol. The van der Waals surface area contributed by atoms with Crippen molar-refractivity contribution in [3.05, 3.63) is 0 Å². The first-order valence-corrected chi connectivity index (χ1v) is 6.42. The number of nitrogens with zero attached hydrogens (tertiary/aromatic N) is 1. The Morgan fingerprint density at radius 1 is 1.27 bits per heavy atom. The normalized spacial score (nSPS) is 9.09. The molecule has 11 heavy (non-hydrogen) atoms. The molecule has 68 valence electrons. The molecule has 0 atom stereocenters. The third kappa shape index (κ3) is 42.4. The summed E-state index contributed by atoms with van der Waals surface area (Å²) in [6.07, 6.45) is 0. The molecule has 0 aliphatic heterocycles. The molecule has 0 radical (unpaired) electrons. The van der Waals surface area contributed by atoms with Gasteiger partial charge in [-0.15, -0.1) is 0 Å². The highest BCUT2D eigenvalue weighted by Gasteiger charge is 1.96. The maximum absolute atomic E-state index is 10.1. The number of rotatable bonds is 1. The quantitative estimate of drug-likeness (QED) is 0.553. The molecule has 0 aromatic carbocycles. The fraction of sp³-hybridized carbons (Fsp3) is 0.857. The second-order valence-electron chi connectivity index (χ2n) is 3.00. The Hall–Kier alpha value is -0.353. The van der Waals surface area contributed by atoms with Gasteiger partial charge in [-0.2, -0.15) is 0 Å². The zero-order chi connectivity index (χ0) is 9.44. The van der Waals surface area contributed by atoms with Crippen molar-refractivity contribution in [3.8, 4) is 0 Å². The summed E-state index contributed by atoms with van der Waals surface area (Å²) in [7, 11) is 4.92. The van der Waals surface area contributed by atoms with E-state index in [1.54, 1.807) is 0 Å². The van der Waals surface area contributed by atoms with E-state index in [0.717, 1.165) is 0 Å². The Balaban J connectivity index is 0. The average Bonchev–Trinajstić information content (AvgIpc) is 1.56. The first-order chi connectivity index (χ1) is 4.86.